The summed E-state index contributed by atoms with van der Waals surface area (Å²) in [6, 6.07) is 8.53. The minimum absolute atomic E-state index is 0.199. The quantitative estimate of drug-likeness (QED) is 0.846. The second-order valence-electron chi connectivity index (χ2n) is 5.48. The van der Waals surface area contributed by atoms with E-state index in [-0.39, 0.29) is 6.04 Å². The van der Waals surface area contributed by atoms with Crippen LogP contribution in [-0.4, -0.2) is 21.3 Å². The number of rotatable bonds is 7. The summed E-state index contributed by atoms with van der Waals surface area (Å²) in [6.45, 7) is 7.36. The first-order chi connectivity index (χ1) is 10.1. The van der Waals surface area contributed by atoms with Gasteiger partial charge in [-0.25, -0.2) is 9.67 Å². The Balaban J connectivity index is 2.22. The fourth-order valence-electron chi connectivity index (χ4n) is 2.38. The number of nitrogens with zero attached hydrogens (tertiary/aromatic N) is 3. The Bertz CT molecular complexity index is 565. The van der Waals surface area contributed by atoms with E-state index in [0.29, 0.717) is 6.04 Å². The van der Waals surface area contributed by atoms with Gasteiger partial charge >= 0.3 is 0 Å². The van der Waals surface area contributed by atoms with Gasteiger partial charge in [-0.15, -0.1) is 0 Å². The highest BCUT2D eigenvalue weighted by atomic mass is 35.5. The summed E-state index contributed by atoms with van der Waals surface area (Å²) in [5, 5.41) is 8.65. The second-order valence-corrected chi connectivity index (χ2v) is 5.92. The van der Waals surface area contributed by atoms with E-state index in [4.69, 9.17) is 11.6 Å². The largest absolute Gasteiger partial charge is 0.310 e. The minimum atomic E-state index is 0.199. The maximum atomic E-state index is 6.13. The van der Waals surface area contributed by atoms with Crippen molar-refractivity contribution in [3.63, 3.8) is 0 Å². The van der Waals surface area contributed by atoms with E-state index in [0.717, 1.165) is 30.2 Å². The van der Waals surface area contributed by atoms with Gasteiger partial charge in [-0.1, -0.05) is 30.7 Å². The molecule has 2 rings (SSSR count). The third-order valence-electron chi connectivity index (χ3n) is 3.41. The van der Waals surface area contributed by atoms with Crippen molar-refractivity contribution in [2.24, 2.45) is 0 Å². The van der Waals surface area contributed by atoms with Crippen LogP contribution in [0.1, 0.15) is 50.7 Å². The molecule has 0 amide bonds. The number of hydrogen-bond acceptors (Lipinski definition) is 3. The Hall–Kier alpha value is -1.39. The van der Waals surface area contributed by atoms with Gasteiger partial charge in [-0.3, -0.25) is 0 Å². The van der Waals surface area contributed by atoms with Crippen LogP contribution in [0.4, 0.5) is 0 Å². The third kappa shape index (κ3) is 4.29. The van der Waals surface area contributed by atoms with Crippen LogP contribution in [-0.2, 0) is 6.42 Å². The van der Waals surface area contributed by atoms with Gasteiger partial charge in [0.05, 0.1) is 0 Å². The lowest BCUT2D eigenvalue weighted by molar-refractivity contribution is 0.463. The Kier molecular flexibility index (Phi) is 5.76. The van der Waals surface area contributed by atoms with E-state index in [9.17, 15) is 0 Å². The predicted molar refractivity (Wildman–Crippen MR) is 86.6 cm³/mol. The van der Waals surface area contributed by atoms with Crippen LogP contribution < -0.4 is 5.32 Å². The highest BCUT2D eigenvalue weighted by Crippen LogP contribution is 2.21. The van der Waals surface area contributed by atoms with Crippen molar-refractivity contribution in [1.29, 1.82) is 0 Å². The molecule has 1 atom stereocenters. The molecule has 0 fully saturated rings. The lowest BCUT2D eigenvalue weighted by Crippen LogP contribution is -2.25. The Morgan fingerprint density at radius 3 is 2.81 bits per heavy atom. The van der Waals surface area contributed by atoms with Crippen molar-refractivity contribution < 1.29 is 0 Å². The van der Waals surface area contributed by atoms with E-state index >= 15 is 0 Å². The normalized spacial score (nSPS) is 12.8. The zero-order chi connectivity index (χ0) is 15.2. The summed E-state index contributed by atoms with van der Waals surface area (Å²) in [7, 11) is 0. The van der Waals surface area contributed by atoms with E-state index in [2.05, 4.69) is 42.2 Å². The van der Waals surface area contributed by atoms with Gasteiger partial charge in [-0.05, 0) is 44.5 Å². The predicted octanol–water partition coefficient (Wildman–Crippen LogP) is 3.80. The summed E-state index contributed by atoms with van der Waals surface area (Å²) in [4.78, 5) is 4.41. The zero-order valence-electron chi connectivity index (χ0n) is 12.9. The highest BCUT2D eigenvalue weighted by molar-refractivity contribution is 6.30. The van der Waals surface area contributed by atoms with Crippen molar-refractivity contribution in [1.82, 2.24) is 20.1 Å². The van der Waals surface area contributed by atoms with Gasteiger partial charge in [0.15, 0.2) is 0 Å². The Labute approximate surface area is 131 Å². The van der Waals surface area contributed by atoms with Crippen LogP contribution in [0.25, 0.3) is 0 Å². The molecule has 21 heavy (non-hydrogen) atoms. The summed E-state index contributed by atoms with van der Waals surface area (Å²) in [6.07, 6.45) is 3.52. The lowest BCUT2D eigenvalue weighted by Gasteiger charge is -2.20. The van der Waals surface area contributed by atoms with Gasteiger partial charge in [0.25, 0.3) is 0 Å². The smallest absolute Gasteiger partial charge is 0.138 e. The molecule has 1 aromatic carbocycles. The van der Waals surface area contributed by atoms with Crippen LogP contribution in [0.3, 0.4) is 0 Å². The standard InChI is InChI=1S/C16H23ClN4/c1-4-8-18-15(13-6-5-7-14(17)9-13)10-16-19-11-20-21(16)12(2)3/h5-7,9,11-12,15,18H,4,8,10H2,1-3H3. The molecule has 4 nitrogen and oxygen atoms in total. The molecule has 0 bridgehead atoms. The molecule has 5 heteroatoms. The Morgan fingerprint density at radius 2 is 2.14 bits per heavy atom. The van der Waals surface area contributed by atoms with E-state index in [1.54, 1.807) is 6.33 Å². The van der Waals surface area contributed by atoms with Crippen molar-refractivity contribution in [2.75, 3.05) is 6.54 Å². The zero-order valence-corrected chi connectivity index (χ0v) is 13.6. The molecule has 1 heterocycles. The molecule has 0 spiro atoms. The number of benzene rings is 1. The summed E-state index contributed by atoms with van der Waals surface area (Å²) in [5.74, 6) is 0.999. The number of hydrogen-bond donors (Lipinski definition) is 1. The molecule has 0 aliphatic rings. The Morgan fingerprint density at radius 1 is 1.33 bits per heavy atom. The van der Waals surface area contributed by atoms with Crippen LogP contribution in [0.5, 0.6) is 0 Å². The van der Waals surface area contributed by atoms with Gasteiger partial charge in [0.2, 0.25) is 0 Å². The van der Waals surface area contributed by atoms with Crippen molar-refractivity contribution in [2.45, 2.75) is 45.7 Å². The average molecular weight is 307 g/mol. The van der Waals surface area contributed by atoms with Gasteiger partial charge in [-0.2, -0.15) is 5.10 Å². The molecular weight excluding hydrogens is 284 g/mol. The second kappa shape index (κ2) is 7.57. The summed E-state index contributed by atoms with van der Waals surface area (Å²) in [5.41, 5.74) is 1.19. The molecule has 0 saturated carbocycles. The lowest BCUT2D eigenvalue weighted by atomic mass is 10.0. The molecule has 114 valence electrons. The van der Waals surface area contributed by atoms with Crippen molar-refractivity contribution in [3.05, 3.63) is 47.0 Å². The average Bonchev–Trinajstić information content (AvgIpc) is 2.91. The molecule has 0 saturated heterocycles. The van der Waals surface area contributed by atoms with Gasteiger partial charge in [0, 0.05) is 23.5 Å². The fraction of sp³-hybridized carbons (Fsp3) is 0.500. The molecule has 0 radical (unpaired) electrons. The molecule has 2 aromatic rings. The monoisotopic (exact) mass is 306 g/mol. The van der Waals surface area contributed by atoms with Gasteiger partial charge < -0.3 is 5.32 Å². The molecule has 0 aliphatic carbocycles. The van der Waals surface area contributed by atoms with Crippen molar-refractivity contribution >= 4 is 11.6 Å². The number of aromatic nitrogens is 3. The fourth-order valence-corrected chi connectivity index (χ4v) is 2.58. The maximum absolute atomic E-state index is 6.13. The van der Waals surface area contributed by atoms with Crippen LogP contribution in [0, 0.1) is 0 Å². The number of nitrogens with one attached hydrogen (secondary N) is 1. The van der Waals surface area contributed by atoms with E-state index < -0.39 is 0 Å². The topological polar surface area (TPSA) is 42.7 Å². The van der Waals surface area contributed by atoms with Crippen molar-refractivity contribution in [3.8, 4) is 0 Å². The molecule has 1 aromatic heterocycles. The maximum Gasteiger partial charge on any atom is 0.138 e. The summed E-state index contributed by atoms with van der Waals surface area (Å²) >= 11 is 6.13. The molecule has 1 N–H and O–H groups in total. The SMILES string of the molecule is CCCNC(Cc1ncnn1C(C)C)c1cccc(Cl)c1. The van der Waals surface area contributed by atoms with Crippen LogP contribution >= 0.6 is 11.6 Å². The first-order valence-corrected chi connectivity index (χ1v) is 7.86. The first-order valence-electron chi connectivity index (χ1n) is 7.49. The van der Waals surface area contributed by atoms with Gasteiger partial charge in [0.1, 0.15) is 12.2 Å². The first kappa shape index (κ1) is 16.0. The van der Waals surface area contributed by atoms with Crippen LogP contribution in [0.2, 0.25) is 5.02 Å². The van der Waals surface area contributed by atoms with E-state index in [1.165, 1.54) is 5.56 Å². The molecule has 1 unspecified atom stereocenters. The highest BCUT2D eigenvalue weighted by Gasteiger charge is 2.16. The molecular formula is C16H23ClN4. The third-order valence-corrected chi connectivity index (χ3v) is 3.65. The summed E-state index contributed by atoms with van der Waals surface area (Å²) < 4.78 is 1.98. The van der Waals surface area contributed by atoms with E-state index in [1.807, 2.05) is 22.9 Å². The minimum Gasteiger partial charge on any atom is -0.310 e. The molecule has 0 aliphatic heterocycles. The van der Waals surface area contributed by atoms with Crippen LogP contribution in [0.15, 0.2) is 30.6 Å². The number of halogens is 1.